The van der Waals surface area contributed by atoms with Crippen LogP contribution in [0.25, 0.3) is 16.3 Å². The van der Waals surface area contributed by atoms with Crippen LogP contribution in [0, 0.1) is 25.2 Å². The number of nitriles is 1. The summed E-state index contributed by atoms with van der Waals surface area (Å²) in [4.78, 5) is 17.1. The van der Waals surface area contributed by atoms with Crippen molar-refractivity contribution in [1.82, 2.24) is 14.9 Å². The molecule has 30 heavy (non-hydrogen) atoms. The highest BCUT2D eigenvalue weighted by atomic mass is 32.1. The van der Waals surface area contributed by atoms with E-state index < -0.39 is 0 Å². The van der Waals surface area contributed by atoms with E-state index in [2.05, 4.69) is 14.9 Å². The molecule has 2 aromatic heterocycles. The van der Waals surface area contributed by atoms with E-state index in [0.29, 0.717) is 6.54 Å². The summed E-state index contributed by atoms with van der Waals surface area (Å²) in [5.74, 6) is -0.388. The van der Waals surface area contributed by atoms with Crippen molar-refractivity contribution in [2.45, 2.75) is 45.9 Å². The maximum Gasteiger partial charge on any atom is 0.262 e. The van der Waals surface area contributed by atoms with Gasteiger partial charge in [-0.05, 0) is 56.5 Å². The highest BCUT2D eigenvalue weighted by Gasteiger charge is 2.19. The molecule has 1 atom stereocenters. The smallest absolute Gasteiger partial charge is 0.262 e. The van der Waals surface area contributed by atoms with Crippen LogP contribution < -0.4 is 5.32 Å². The molecule has 1 N–H and O–H groups in total. The van der Waals surface area contributed by atoms with Crippen molar-refractivity contribution in [3.05, 3.63) is 57.9 Å². The van der Waals surface area contributed by atoms with Gasteiger partial charge in [-0.25, -0.2) is 4.98 Å². The van der Waals surface area contributed by atoms with Crippen molar-refractivity contribution >= 4 is 33.5 Å². The number of fused-ring (bicyclic) bond motifs is 1. The summed E-state index contributed by atoms with van der Waals surface area (Å²) < 4.78 is 9.04. The maximum atomic E-state index is 12.6. The Hall–Kier alpha value is -2.95. The molecule has 7 heteroatoms. The van der Waals surface area contributed by atoms with E-state index >= 15 is 0 Å². The SMILES string of the molecule is Cc1cc(/C=C(\C#N)C(=O)NCc2nc3ccccc3s2)c(C)n1CC1CCCO1. The number of hydrogen-bond acceptors (Lipinski definition) is 5. The number of thiazole rings is 1. The first-order chi connectivity index (χ1) is 14.5. The number of amides is 1. The number of para-hydroxylation sites is 1. The Balaban J connectivity index is 1.47. The Morgan fingerprint density at radius 3 is 3.00 bits per heavy atom. The first-order valence-corrected chi connectivity index (χ1v) is 10.9. The Morgan fingerprint density at radius 2 is 2.27 bits per heavy atom. The van der Waals surface area contributed by atoms with Crippen LogP contribution in [0.5, 0.6) is 0 Å². The monoisotopic (exact) mass is 420 g/mol. The van der Waals surface area contributed by atoms with Crippen LogP contribution in [0.1, 0.15) is 34.8 Å². The van der Waals surface area contributed by atoms with Crippen molar-refractivity contribution in [1.29, 1.82) is 5.26 Å². The molecule has 1 amide bonds. The lowest BCUT2D eigenvalue weighted by Crippen LogP contribution is -2.23. The lowest BCUT2D eigenvalue weighted by molar-refractivity contribution is -0.117. The third-order valence-corrected chi connectivity index (χ3v) is 6.46. The fraction of sp³-hybridized carbons (Fsp3) is 0.348. The standard InChI is InChI=1S/C23H24N4O2S/c1-15-10-17(16(2)27(15)14-19-6-5-9-29-19)11-18(12-24)23(28)25-13-22-26-20-7-3-4-8-21(20)30-22/h3-4,7-8,10-11,19H,5-6,9,13-14H2,1-2H3,(H,25,28)/b18-11+. The average molecular weight is 421 g/mol. The predicted molar refractivity (Wildman–Crippen MR) is 118 cm³/mol. The van der Waals surface area contributed by atoms with Crippen molar-refractivity contribution < 1.29 is 9.53 Å². The quantitative estimate of drug-likeness (QED) is 0.481. The molecule has 154 valence electrons. The van der Waals surface area contributed by atoms with Crippen LogP contribution in [0.3, 0.4) is 0 Å². The second-order valence-electron chi connectivity index (χ2n) is 7.50. The molecule has 1 fully saturated rings. The topological polar surface area (TPSA) is 79.9 Å². The second kappa shape index (κ2) is 8.82. The fourth-order valence-corrected chi connectivity index (χ4v) is 4.70. The van der Waals surface area contributed by atoms with Crippen LogP contribution in [-0.2, 0) is 22.6 Å². The van der Waals surface area contributed by atoms with Gasteiger partial charge in [-0.3, -0.25) is 4.79 Å². The van der Waals surface area contributed by atoms with E-state index in [-0.39, 0.29) is 17.6 Å². The molecule has 0 aliphatic carbocycles. The van der Waals surface area contributed by atoms with Crippen molar-refractivity contribution in [2.24, 2.45) is 0 Å². The van der Waals surface area contributed by atoms with Gasteiger partial charge < -0.3 is 14.6 Å². The van der Waals surface area contributed by atoms with Gasteiger partial charge in [-0.2, -0.15) is 5.26 Å². The van der Waals surface area contributed by atoms with Gasteiger partial charge in [0.25, 0.3) is 5.91 Å². The minimum Gasteiger partial charge on any atom is -0.376 e. The van der Waals surface area contributed by atoms with Crippen molar-refractivity contribution in [2.75, 3.05) is 6.61 Å². The molecule has 3 heterocycles. The van der Waals surface area contributed by atoms with Crippen molar-refractivity contribution in [3.8, 4) is 6.07 Å². The van der Waals surface area contributed by atoms with Crippen LogP contribution >= 0.6 is 11.3 Å². The molecule has 1 saturated heterocycles. The Morgan fingerprint density at radius 1 is 1.43 bits per heavy atom. The van der Waals surface area contributed by atoms with Crippen LogP contribution in [0.2, 0.25) is 0 Å². The molecular weight excluding hydrogens is 396 g/mol. The van der Waals surface area contributed by atoms with E-state index in [1.54, 1.807) is 17.4 Å². The Kier molecular flexibility index (Phi) is 5.98. The minimum atomic E-state index is -0.388. The van der Waals surface area contributed by atoms with E-state index in [0.717, 1.165) is 58.2 Å². The van der Waals surface area contributed by atoms with Crippen LogP contribution in [0.15, 0.2) is 35.9 Å². The minimum absolute atomic E-state index is 0.0912. The Labute approximate surface area is 179 Å². The van der Waals surface area contributed by atoms with Crippen molar-refractivity contribution in [3.63, 3.8) is 0 Å². The van der Waals surface area contributed by atoms with Gasteiger partial charge >= 0.3 is 0 Å². The van der Waals surface area contributed by atoms with E-state index in [1.807, 2.05) is 50.2 Å². The number of aryl methyl sites for hydroxylation is 1. The number of nitrogens with one attached hydrogen (secondary N) is 1. The van der Waals surface area contributed by atoms with Gasteiger partial charge in [0.2, 0.25) is 0 Å². The molecular formula is C23H24N4O2S. The summed E-state index contributed by atoms with van der Waals surface area (Å²) in [7, 11) is 0. The summed E-state index contributed by atoms with van der Waals surface area (Å²) in [5.41, 5.74) is 4.03. The molecule has 4 rings (SSSR count). The molecule has 1 unspecified atom stereocenters. The Bertz CT molecular complexity index is 1110. The molecule has 1 aromatic carbocycles. The van der Waals surface area contributed by atoms with Gasteiger partial charge in [0.15, 0.2) is 0 Å². The zero-order valence-corrected chi connectivity index (χ0v) is 18.0. The van der Waals surface area contributed by atoms with E-state index in [9.17, 15) is 10.1 Å². The number of rotatable bonds is 6. The first kappa shape index (κ1) is 20.3. The molecule has 0 bridgehead atoms. The third kappa shape index (κ3) is 4.30. The number of nitrogens with zero attached hydrogens (tertiary/aromatic N) is 3. The highest BCUT2D eigenvalue weighted by molar-refractivity contribution is 7.18. The number of carbonyl (C=O) groups is 1. The molecule has 1 aliphatic rings. The lowest BCUT2D eigenvalue weighted by atomic mass is 10.1. The second-order valence-corrected chi connectivity index (χ2v) is 8.62. The highest BCUT2D eigenvalue weighted by Crippen LogP contribution is 2.23. The molecule has 6 nitrogen and oxygen atoms in total. The lowest BCUT2D eigenvalue weighted by Gasteiger charge is -2.14. The summed E-state index contributed by atoms with van der Waals surface area (Å²) in [6.07, 6.45) is 4.07. The number of carbonyl (C=O) groups excluding carboxylic acids is 1. The van der Waals surface area contributed by atoms with Gasteiger partial charge in [0.05, 0.1) is 22.9 Å². The normalized spacial score (nSPS) is 16.7. The average Bonchev–Trinajstić information content (AvgIpc) is 3.46. The van der Waals surface area contributed by atoms with E-state index in [1.165, 1.54) is 0 Å². The predicted octanol–water partition coefficient (Wildman–Crippen LogP) is 4.12. The maximum absolute atomic E-state index is 12.6. The van der Waals surface area contributed by atoms with E-state index in [4.69, 9.17) is 4.74 Å². The molecule has 0 spiro atoms. The molecule has 1 aliphatic heterocycles. The van der Waals surface area contributed by atoms with Crippen LogP contribution in [-0.4, -0.2) is 28.2 Å². The zero-order valence-electron chi connectivity index (χ0n) is 17.1. The van der Waals surface area contributed by atoms with Gasteiger partial charge in [-0.15, -0.1) is 11.3 Å². The zero-order chi connectivity index (χ0) is 21.1. The number of benzene rings is 1. The number of ether oxygens (including phenoxy) is 1. The first-order valence-electron chi connectivity index (χ1n) is 10.1. The summed E-state index contributed by atoms with van der Waals surface area (Å²) in [6.45, 7) is 5.98. The molecule has 0 radical (unpaired) electrons. The largest absolute Gasteiger partial charge is 0.376 e. The summed E-state index contributed by atoms with van der Waals surface area (Å²) in [5, 5.41) is 13.2. The number of hydrogen-bond donors (Lipinski definition) is 1. The summed E-state index contributed by atoms with van der Waals surface area (Å²) >= 11 is 1.54. The molecule has 0 saturated carbocycles. The van der Waals surface area contributed by atoms with Gasteiger partial charge in [0, 0.05) is 24.5 Å². The fourth-order valence-electron chi connectivity index (χ4n) is 3.80. The van der Waals surface area contributed by atoms with Gasteiger partial charge in [-0.1, -0.05) is 12.1 Å². The van der Waals surface area contributed by atoms with Crippen LogP contribution in [0.4, 0.5) is 0 Å². The molecule has 3 aromatic rings. The summed E-state index contributed by atoms with van der Waals surface area (Å²) in [6, 6.07) is 11.9. The number of aromatic nitrogens is 2. The van der Waals surface area contributed by atoms with Gasteiger partial charge in [0.1, 0.15) is 16.6 Å². The third-order valence-electron chi connectivity index (χ3n) is 5.43.